The summed E-state index contributed by atoms with van der Waals surface area (Å²) in [5.74, 6) is -0.541. The lowest BCUT2D eigenvalue weighted by Crippen LogP contribution is -2.27. The number of aromatic nitrogens is 1. The van der Waals surface area contributed by atoms with Gasteiger partial charge in [-0.25, -0.2) is 14.2 Å². The Labute approximate surface area is 190 Å². The van der Waals surface area contributed by atoms with E-state index < -0.39 is 17.6 Å². The minimum atomic E-state index is -0.658. The molecule has 0 spiro atoms. The van der Waals surface area contributed by atoms with Crippen molar-refractivity contribution in [2.45, 2.75) is 33.3 Å². The summed E-state index contributed by atoms with van der Waals surface area (Å²) in [5.41, 5.74) is 1.52. The van der Waals surface area contributed by atoms with Gasteiger partial charge in [0.05, 0.1) is 10.6 Å². The molecule has 3 rings (SSSR count). The summed E-state index contributed by atoms with van der Waals surface area (Å²) in [7, 11) is 0. The van der Waals surface area contributed by atoms with Gasteiger partial charge in [-0.05, 0) is 63.6 Å². The molecule has 166 valence electrons. The van der Waals surface area contributed by atoms with E-state index in [1.165, 1.54) is 24.4 Å². The number of amides is 2. The van der Waals surface area contributed by atoms with Gasteiger partial charge in [-0.15, -0.1) is 0 Å². The van der Waals surface area contributed by atoms with Gasteiger partial charge in [0.15, 0.2) is 0 Å². The number of nitrogens with zero attached hydrogens (tertiary/aromatic N) is 1. The monoisotopic (exact) mass is 455 g/mol. The maximum Gasteiger partial charge on any atom is 0.412 e. The van der Waals surface area contributed by atoms with Crippen LogP contribution < -0.4 is 10.6 Å². The number of hydrogen-bond donors (Lipinski definition) is 2. The van der Waals surface area contributed by atoms with E-state index in [1.807, 2.05) is 0 Å². The van der Waals surface area contributed by atoms with Gasteiger partial charge < -0.3 is 10.1 Å². The Morgan fingerprint density at radius 2 is 1.78 bits per heavy atom. The number of rotatable bonds is 4. The van der Waals surface area contributed by atoms with Crippen LogP contribution in [-0.2, 0) is 4.74 Å². The molecule has 0 aliphatic rings. The molecule has 0 aliphatic heterocycles. The first-order valence-electron chi connectivity index (χ1n) is 9.86. The third kappa shape index (κ3) is 5.82. The van der Waals surface area contributed by atoms with Gasteiger partial charge in [0.25, 0.3) is 5.91 Å². The average Bonchev–Trinajstić information content (AvgIpc) is 2.70. The number of pyridine rings is 1. The zero-order valence-electron chi connectivity index (χ0n) is 18.1. The van der Waals surface area contributed by atoms with E-state index in [4.69, 9.17) is 16.3 Å². The van der Waals surface area contributed by atoms with Crippen molar-refractivity contribution in [2.24, 2.45) is 0 Å². The normalized spacial score (nSPS) is 11.1. The minimum absolute atomic E-state index is 0.152. The third-order valence-corrected chi connectivity index (χ3v) is 4.68. The summed E-state index contributed by atoms with van der Waals surface area (Å²) in [5, 5.41) is 5.49. The number of hydrogen-bond acceptors (Lipinski definition) is 4. The fourth-order valence-electron chi connectivity index (χ4n) is 2.92. The highest BCUT2D eigenvalue weighted by Crippen LogP contribution is 2.26. The van der Waals surface area contributed by atoms with Crippen LogP contribution in [0, 0.1) is 12.7 Å². The molecule has 0 fully saturated rings. The Morgan fingerprint density at radius 1 is 1.06 bits per heavy atom. The summed E-state index contributed by atoms with van der Waals surface area (Å²) in [6.07, 6.45) is 0.843. The number of halogens is 2. The quantitative estimate of drug-likeness (QED) is 0.473. The largest absolute Gasteiger partial charge is 0.444 e. The number of carbonyl (C=O) groups is 2. The Hall–Kier alpha value is -3.45. The lowest BCUT2D eigenvalue weighted by molar-refractivity contribution is 0.0635. The van der Waals surface area contributed by atoms with Crippen molar-refractivity contribution in [3.63, 3.8) is 0 Å². The zero-order valence-corrected chi connectivity index (χ0v) is 18.9. The second-order valence-electron chi connectivity index (χ2n) is 8.14. The van der Waals surface area contributed by atoms with Crippen LogP contribution in [0.25, 0.3) is 11.1 Å². The molecule has 1 aromatic heterocycles. The van der Waals surface area contributed by atoms with Gasteiger partial charge in [0.1, 0.15) is 17.2 Å². The zero-order chi connectivity index (χ0) is 23.5. The van der Waals surface area contributed by atoms with Crippen LogP contribution in [0.15, 0.2) is 54.7 Å². The van der Waals surface area contributed by atoms with Crippen molar-refractivity contribution in [1.29, 1.82) is 0 Å². The Bertz CT molecular complexity index is 1180. The van der Waals surface area contributed by atoms with E-state index >= 15 is 0 Å². The van der Waals surface area contributed by atoms with Gasteiger partial charge in [-0.3, -0.25) is 10.1 Å². The Kier molecular flexibility index (Phi) is 6.79. The fourth-order valence-corrected chi connectivity index (χ4v) is 3.13. The second-order valence-corrected chi connectivity index (χ2v) is 8.55. The maximum atomic E-state index is 14.1. The first kappa shape index (κ1) is 23.2. The highest BCUT2D eigenvalue weighted by molar-refractivity contribution is 6.34. The van der Waals surface area contributed by atoms with Gasteiger partial charge in [-0.1, -0.05) is 29.8 Å². The van der Waals surface area contributed by atoms with Crippen LogP contribution >= 0.6 is 11.6 Å². The van der Waals surface area contributed by atoms with Gasteiger partial charge in [0.2, 0.25) is 0 Å². The summed E-state index contributed by atoms with van der Waals surface area (Å²) in [4.78, 5) is 29.1. The molecule has 0 atom stereocenters. The number of ether oxygens (including phenoxy) is 1. The molecule has 0 unspecified atom stereocenters. The highest BCUT2D eigenvalue weighted by Gasteiger charge is 2.18. The lowest BCUT2D eigenvalue weighted by atomic mass is 10.1. The van der Waals surface area contributed by atoms with Crippen LogP contribution in [0.3, 0.4) is 0 Å². The molecular formula is C24H23ClFN3O3. The molecule has 6 nitrogen and oxygen atoms in total. The second kappa shape index (κ2) is 9.36. The van der Waals surface area contributed by atoms with Crippen LogP contribution in [-0.4, -0.2) is 22.6 Å². The van der Waals surface area contributed by atoms with E-state index in [0.29, 0.717) is 28.2 Å². The van der Waals surface area contributed by atoms with E-state index in [0.717, 1.165) is 0 Å². The molecule has 0 bridgehead atoms. The molecule has 2 N–H and O–H groups in total. The maximum absolute atomic E-state index is 14.1. The molecular weight excluding hydrogens is 433 g/mol. The van der Waals surface area contributed by atoms with E-state index in [9.17, 15) is 14.0 Å². The Balaban J connectivity index is 1.78. The standard InChI is InChI=1S/C24H23ClFN3O3/c1-14-11-15(17-7-5-6-8-20(17)26)13-27-21(14)29-22(30)18-12-16(9-10-19(18)25)28-23(31)32-24(2,3)4/h5-13H,1-4H3,(H,28,31)(H,27,29,30). The molecule has 0 saturated heterocycles. The van der Waals surface area contributed by atoms with Crippen molar-refractivity contribution < 1.29 is 18.7 Å². The van der Waals surface area contributed by atoms with Crippen molar-refractivity contribution >= 4 is 35.1 Å². The first-order chi connectivity index (χ1) is 15.0. The molecule has 32 heavy (non-hydrogen) atoms. The average molecular weight is 456 g/mol. The Morgan fingerprint density at radius 3 is 2.44 bits per heavy atom. The summed E-state index contributed by atoms with van der Waals surface area (Å²) in [6.45, 7) is 7.01. The number of carbonyl (C=O) groups excluding carboxylic acids is 2. The number of nitrogens with one attached hydrogen (secondary N) is 2. The van der Waals surface area contributed by atoms with Gasteiger partial charge in [0, 0.05) is 23.0 Å². The number of aryl methyl sites for hydroxylation is 1. The van der Waals surface area contributed by atoms with Crippen LogP contribution in [0.1, 0.15) is 36.7 Å². The summed E-state index contributed by atoms with van der Waals surface area (Å²) >= 11 is 6.20. The molecule has 3 aromatic rings. The van der Waals surface area contributed by atoms with Crippen LogP contribution in [0.2, 0.25) is 5.02 Å². The topological polar surface area (TPSA) is 80.3 Å². The summed E-state index contributed by atoms with van der Waals surface area (Å²) < 4.78 is 19.3. The first-order valence-corrected chi connectivity index (χ1v) is 10.2. The molecule has 2 amide bonds. The lowest BCUT2D eigenvalue weighted by Gasteiger charge is -2.20. The molecule has 1 heterocycles. The highest BCUT2D eigenvalue weighted by atomic mass is 35.5. The van der Waals surface area contributed by atoms with E-state index in [-0.39, 0.29) is 16.4 Å². The van der Waals surface area contributed by atoms with Crippen molar-refractivity contribution in [1.82, 2.24) is 4.98 Å². The van der Waals surface area contributed by atoms with Crippen molar-refractivity contribution in [3.8, 4) is 11.1 Å². The van der Waals surface area contributed by atoms with Gasteiger partial charge >= 0.3 is 6.09 Å². The summed E-state index contributed by atoms with van der Waals surface area (Å²) in [6, 6.07) is 12.6. The van der Waals surface area contributed by atoms with Crippen LogP contribution in [0.4, 0.5) is 20.7 Å². The minimum Gasteiger partial charge on any atom is -0.444 e. The smallest absolute Gasteiger partial charge is 0.412 e. The molecule has 0 saturated carbocycles. The number of anilines is 2. The van der Waals surface area contributed by atoms with Crippen LogP contribution in [0.5, 0.6) is 0 Å². The molecule has 8 heteroatoms. The van der Waals surface area contributed by atoms with Crippen molar-refractivity contribution in [3.05, 3.63) is 76.7 Å². The molecule has 0 aliphatic carbocycles. The predicted octanol–water partition coefficient (Wildman–Crippen LogP) is 6.45. The molecule has 0 radical (unpaired) electrons. The van der Waals surface area contributed by atoms with Gasteiger partial charge in [-0.2, -0.15) is 0 Å². The van der Waals surface area contributed by atoms with E-state index in [1.54, 1.807) is 58.0 Å². The van der Waals surface area contributed by atoms with E-state index in [2.05, 4.69) is 15.6 Å². The predicted molar refractivity (Wildman–Crippen MR) is 124 cm³/mol. The fraction of sp³-hybridized carbons (Fsp3) is 0.208. The third-order valence-electron chi connectivity index (χ3n) is 4.35. The van der Waals surface area contributed by atoms with Crippen molar-refractivity contribution in [2.75, 3.05) is 10.6 Å². The number of benzene rings is 2. The molecule has 2 aromatic carbocycles. The SMILES string of the molecule is Cc1cc(-c2ccccc2F)cnc1NC(=O)c1cc(NC(=O)OC(C)(C)C)ccc1Cl.